The van der Waals surface area contributed by atoms with E-state index in [0.29, 0.717) is 6.42 Å². The zero-order valence-electron chi connectivity index (χ0n) is 10.1. The quantitative estimate of drug-likeness (QED) is 0.633. The minimum Gasteiger partial charge on any atom is -0.324 e. The number of amides is 1. The number of benzene rings is 1. The second-order valence-electron chi connectivity index (χ2n) is 4.15. The normalized spacial score (nSPS) is 13.8. The minimum absolute atomic E-state index is 0.133. The van der Waals surface area contributed by atoms with Gasteiger partial charge in [0.05, 0.1) is 10.5 Å². The van der Waals surface area contributed by atoms with Gasteiger partial charge in [-0.2, -0.15) is 4.39 Å². The Hall–Kier alpha value is -2.02. The maximum absolute atomic E-state index is 13.3. The van der Waals surface area contributed by atoms with Crippen molar-refractivity contribution in [1.82, 2.24) is 0 Å². The summed E-state index contributed by atoms with van der Waals surface area (Å²) in [5, 5.41) is 12.8. The topological polar surface area (TPSA) is 98.3 Å². The fourth-order valence-electron chi connectivity index (χ4n) is 1.17. The summed E-state index contributed by atoms with van der Waals surface area (Å²) in [5.41, 5.74) is 4.13. The lowest BCUT2D eigenvalue weighted by Crippen LogP contribution is -2.47. The van der Waals surface area contributed by atoms with Gasteiger partial charge in [-0.1, -0.05) is 6.92 Å². The first-order valence-corrected chi connectivity index (χ1v) is 5.32. The zero-order chi connectivity index (χ0) is 13.9. The van der Waals surface area contributed by atoms with Crippen molar-refractivity contribution in [2.24, 2.45) is 5.73 Å². The standard InChI is InChI=1S/C11H14FN3O3/c1-3-11(2,13)10(16)14-7-4-5-9(15(17)18)8(12)6-7/h4-6H,3,13H2,1-2H3,(H,14,16). The predicted molar refractivity (Wildman–Crippen MR) is 64.6 cm³/mol. The molecule has 1 amide bonds. The number of nitrogens with zero attached hydrogens (tertiary/aromatic N) is 1. The van der Waals surface area contributed by atoms with Crippen LogP contribution in [0.4, 0.5) is 15.8 Å². The van der Waals surface area contributed by atoms with E-state index in [-0.39, 0.29) is 5.69 Å². The molecule has 0 aliphatic carbocycles. The van der Waals surface area contributed by atoms with Crippen molar-refractivity contribution in [3.63, 3.8) is 0 Å². The number of nitro benzene ring substituents is 1. The molecule has 1 aromatic carbocycles. The van der Waals surface area contributed by atoms with Crippen LogP contribution in [-0.4, -0.2) is 16.4 Å². The molecule has 98 valence electrons. The maximum Gasteiger partial charge on any atom is 0.304 e. The molecule has 1 rings (SSSR count). The smallest absolute Gasteiger partial charge is 0.304 e. The van der Waals surface area contributed by atoms with Crippen LogP contribution < -0.4 is 11.1 Å². The number of anilines is 1. The lowest BCUT2D eigenvalue weighted by atomic mass is 9.99. The van der Waals surface area contributed by atoms with E-state index in [4.69, 9.17) is 5.73 Å². The molecular formula is C11H14FN3O3. The second-order valence-corrected chi connectivity index (χ2v) is 4.15. The molecule has 0 saturated heterocycles. The first kappa shape index (κ1) is 14.0. The summed E-state index contributed by atoms with van der Waals surface area (Å²) in [6.07, 6.45) is 0.411. The van der Waals surface area contributed by atoms with Gasteiger partial charge in [-0.3, -0.25) is 14.9 Å². The number of carbonyl (C=O) groups excluding carboxylic acids is 1. The summed E-state index contributed by atoms with van der Waals surface area (Å²) in [4.78, 5) is 21.3. The molecule has 18 heavy (non-hydrogen) atoms. The largest absolute Gasteiger partial charge is 0.324 e. The Labute approximate surface area is 103 Å². The van der Waals surface area contributed by atoms with Crippen LogP contribution in [0.5, 0.6) is 0 Å². The Kier molecular flexibility index (Phi) is 3.97. The van der Waals surface area contributed by atoms with Gasteiger partial charge in [0, 0.05) is 17.8 Å². The van der Waals surface area contributed by atoms with Crippen molar-refractivity contribution in [3.8, 4) is 0 Å². The minimum atomic E-state index is -1.07. The van der Waals surface area contributed by atoms with Crippen LogP contribution in [0, 0.1) is 15.9 Å². The molecule has 0 bridgehead atoms. The lowest BCUT2D eigenvalue weighted by molar-refractivity contribution is -0.387. The summed E-state index contributed by atoms with van der Waals surface area (Å²) in [5.74, 6) is -1.48. The highest BCUT2D eigenvalue weighted by atomic mass is 19.1. The number of hydrogen-bond acceptors (Lipinski definition) is 4. The average Bonchev–Trinajstić information content (AvgIpc) is 2.28. The molecule has 0 aromatic heterocycles. The van der Waals surface area contributed by atoms with E-state index in [0.717, 1.165) is 12.1 Å². The molecule has 7 heteroatoms. The van der Waals surface area contributed by atoms with Crippen LogP contribution in [0.2, 0.25) is 0 Å². The molecule has 0 spiro atoms. The van der Waals surface area contributed by atoms with Crippen LogP contribution in [-0.2, 0) is 4.79 Å². The van der Waals surface area contributed by atoms with E-state index in [1.54, 1.807) is 13.8 Å². The summed E-state index contributed by atoms with van der Waals surface area (Å²) in [6.45, 7) is 3.29. The third-order valence-corrected chi connectivity index (χ3v) is 2.66. The average molecular weight is 255 g/mol. The second kappa shape index (κ2) is 5.09. The zero-order valence-corrected chi connectivity index (χ0v) is 10.1. The highest BCUT2D eigenvalue weighted by molar-refractivity contribution is 5.97. The number of halogens is 1. The van der Waals surface area contributed by atoms with Crippen LogP contribution in [0.25, 0.3) is 0 Å². The fraction of sp³-hybridized carbons (Fsp3) is 0.364. The van der Waals surface area contributed by atoms with Crippen molar-refractivity contribution in [2.75, 3.05) is 5.32 Å². The van der Waals surface area contributed by atoms with E-state index in [1.165, 1.54) is 6.07 Å². The van der Waals surface area contributed by atoms with Gasteiger partial charge in [0.2, 0.25) is 11.7 Å². The van der Waals surface area contributed by atoms with Crippen molar-refractivity contribution in [1.29, 1.82) is 0 Å². The Bertz CT molecular complexity index is 488. The van der Waals surface area contributed by atoms with E-state index < -0.39 is 27.9 Å². The van der Waals surface area contributed by atoms with E-state index >= 15 is 0 Å². The molecule has 0 aliphatic heterocycles. The van der Waals surface area contributed by atoms with Crippen molar-refractivity contribution >= 4 is 17.3 Å². The number of nitrogens with one attached hydrogen (secondary N) is 1. The first-order chi connectivity index (χ1) is 8.27. The van der Waals surface area contributed by atoms with Crippen LogP contribution in [0.1, 0.15) is 20.3 Å². The third kappa shape index (κ3) is 3.01. The SMILES string of the molecule is CCC(C)(N)C(=O)Nc1ccc([N+](=O)[O-])c(F)c1. The van der Waals surface area contributed by atoms with Gasteiger partial charge in [-0.25, -0.2) is 0 Å². The molecule has 0 radical (unpaired) electrons. The number of carbonyl (C=O) groups is 1. The van der Waals surface area contributed by atoms with Crippen LogP contribution in [0.15, 0.2) is 18.2 Å². The van der Waals surface area contributed by atoms with Crippen molar-refractivity contribution in [2.45, 2.75) is 25.8 Å². The summed E-state index contributed by atoms with van der Waals surface area (Å²) >= 11 is 0. The highest BCUT2D eigenvalue weighted by Gasteiger charge is 2.26. The van der Waals surface area contributed by atoms with Gasteiger partial charge < -0.3 is 11.1 Å². The van der Waals surface area contributed by atoms with Gasteiger partial charge in [0.1, 0.15) is 0 Å². The van der Waals surface area contributed by atoms with Gasteiger partial charge in [0.15, 0.2) is 0 Å². The molecule has 3 N–H and O–H groups in total. The van der Waals surface area contributed by atoms with Crippen molar-refractivity contribution in [3.05, 3.63) is 34.1 Å². The number of nitro groups is 1. The third-order valence-electron chi connectivity index (χ3n) is 2.66. The summed E-state index contributed by atoms with van der Waals surface area (Å²) < 4.78 is 13.3. The predicted octanol–water partition coefficient (Wildman–Crippen LogP) is 1.80. The van der Waals surface area contributed by atoms with Gasteiger partial charge >= 0.3 is 5.69 Å². The summed E-state index contributed by atoms with van der Waals surface area (Å²) in [6, 6.07) is 3.14. The molecular weight excluding hydrogens is 241 g/mol. The molecule has 0 saturated carbocycles. The Morgan fingerprint density at radius 1 is 1.61 bits per heavy atom. The Balaban J connectivity index is 2.91. The van der Waals surface area contributed by atoms with Crippen molar-refractivity contribution < 1.29 is 14.1 Å². The molecule has 0 heterocycles. The number of nitrogens with two attached hydrogens (primary N) is 1. The van der Waals surface area contributed by atoms with Gasteiger partial charge in [0.25, 0.3) is 0 Å². The number of rotatable bonds is 4. The van der Waals surface area contributed by atoms with E-state index in [2.05, 4.69) is 5.32 Å². The van der Waals surface area contributed by atoms with Gasteiger partial charge in [-0.15, -0.1) is 0 Å². The molecule has 0 fully saturated rings. The number of hydrogen-bond donors (Lipinski definition) is 2. The van der Waals surface area contributed by atoms with E-state index in [1.807, 2.05) is 0 Å². The first-order valence-electron chi connectivity index (χ1n) is 5.32. The molecule has 6 nitrogen and oxygen atoms in total. The van der Waals surface area contributed by atoms with E-state index in [9.17, 15) is 19.3 Å². The molecule has 1 unspecified atom stereocenters. The molecule has 1 atom stereocenters. The Morgan fingerprint density at radius 2 is 2.22 bits per heavy atom. The summed E-state index contributed by atoms with van der Waals surface area (Å²) in [7, 11) is 0. The Morgan fingerprint density at radius 3 is 2.67 bits per heavy atom. The monoisotopic (exact) mass is 255 g/mol. The lowest BCUT2D eigenvalue weighted by Gasteiger charge is -2.21. The highest BCUT2D eigenvalue weighted by Crippen LogP contribution is 2.21. The van der Waals surface area contributed by atoms with Gasteiger partial charge in [-0.05, 0) is 19.4 Å². The molecule has 1 aromatic rings. The fourth-order valence-corrected chi connectivity index (χ4v) is 1.17. The maximum atomic E-state index is 13.3. The van der Waals surface area contributed by atoms with Crippen LogP contribution in [0.3, 0.4) is 0 Å². The van der Waals surface area contributed by atoms with Crippen LogP contribution >= 0.6 is 0 Å². The molecule has 0 aliphatic rings.